The van der Waals surface area contributed by atoms with Crippen LogP contribution in [0.4, 0.5) is 0 Å². The van der Waals surface area contributed by atoms with Crippen molar-refractivity contribution < 1.29 is 9.59 Å². The molecule has 2 amide bonds. The molecule has 142 valence electrons. The minimum absolute atomic E-state index is 0.0922. The highest BCUT2D eigenvalue weighted by atomic mass is 35.5. The first-order valence-electron chi connectivity index (χ1n) is 9.94. The number of hydrogen-bond donors (Lipinski definition) is 1. The van der Waals surface area contributed by atoms with Crippen LogP contribution in [-0.4, -0.2) is 29.3 Å². The first-order valence-corrected chi connectivity index (χ1v) is 10.3. The predicted molar refractivity (Wildman–Crippen MR) is 104 cm³/mol. The molecule has 1 saturated heterocycles. The molecule has 1 N–H and O–H groups in total. The van der Waals surface area contributed by atoms with Crippen molar-refractivity contribution >= 4 is 23.4 Å². The maximum Gasteiger partial charge on any atom is 0.225 e. The quantitative estimate of drug-likeness (QED) is 0.851. The topological polar surface area (TPSA) is 49.4 Å². The Morgan fingerprint density at radius 1 is 1.04 bits per heavy atom. The second-order valence-electron chi connectivity index (χ2n) is 7.69. The van der Waals surface area contributed by atoms with Crippen LogP contribution in [0, 0.1) is 5.92 Å². The number of carbonyl (C=O) groups excluding carboxylic acids is 2. The number of nitrogens with one attached hydrogen (secondary N) is 1. The van der Waals surface area contributed by atoms with Gasteiger partial charge in [0, 0.05) is 30.6 Å². The molecule has 1 atom stereocenters. The maximum absolute atomic E-state index is 12.7. The molecule has 1 aliphatic heterocycles. The Bertz CT molecular complexity index is 609. The van der Waals surface area contributed by atoms with Crippen molar-refractivity contribution in [2.45, 2.75) is 70.4 Å². The zero-order valence-electron chi connectivity index (χ0n) is 15.4. The lowest BCUT2D eigenvalue weighted by Crippen LogP contribution is -2.47. The number of amides is 2. The van der Waals surface area contributed by atoms with Gasteiger partial charge in [-0.1, -0.05) is 55.8 Å². The fourth-order valence-electron chi connectivity index (χ4n) is 4.01. The summed E-state index contributed by atoms with van der Waals surface area (Å²) < 4.78 is 0. The SMILES string of the molecule is O=C(NC1CCCCCCC1)[C@@H]1CCC(=O)N(Cc2ccc(Cl)cc2)C1. The van der Waals surface area contributed by atoms with Gasteiger partial charge in [0.2, 0.25) is 11.8 Å². The molecule has 1 aromatic rings. The number of halogens is 1. The average Bonchev–Trinajstić information content (AvgIpc) is 2.61. The first-order chi connectivity index (χ1) is 12.6. The van der Waals surface area contributed by atoms with E-state index in [1.807, 2.05) is 29.2 Å². The Labute approximate surface area is 161 Å². The number of rotatable bonds is 4. The van der Waals surface area contributed by atoms with Crippen molar-refractivity contribution in [1.29, 1.82) is 0 Å². The van der Waals surface area contributed by atoms with Gasteiger partial charge >= 0.3 is 0 Å². The summed E-state index contributed by atoms with van der Waals surface area (Å²) in [7, 11) is 0. The molecule has 2 aliphatic rings. The normalized spacial score (nSPS) is 22.6. The molecule has 1 aliphatic carbocycles. The van der Waals surface area contributed by atoms with Crippen molar-refractivity contribution in [3.05, 3.63) is 34.9 Å². The lowest BCUT2D eigenvalue weighted by molar-refractivity contribution is -0.139. The lowest BCUT2D eigenvalue weighted by Gasteiger charge is -2.33. The van der Waals surface area contributed by atoms with Crippen LogP contribution in [0.5, 0.6) is 0 Å². The van der Waals surface area contributed by atoms with E-state index in [1.54, 1.807) is 0 Å². The zero-order chi connectivity index (χ0) is 18.4. The average molecular weight is 377 g/mol. The van der Waals surface area contributed by atoms with Gasteiger partial charge in [0.05, 0.1) is 5.92 Å². The van der Waals surface area contributed by atoms with Crippen LogP contribution >= 0.6 is 11.6 Å². The largest absolute Gasteiger partial charge is 0.353 e. The fourth-order valence-corrected chi connectivity index (χ4v) is 4.14. The molecule has 0 spiro atoms. The number of likely N-dealkylation sites (tertiary alicyclic amines) is 1. The second-order valence-corrected chi connectivity index (χ2v) is 8.12. The van der Waals surface area contributed by atoms with E-state index in [4.69, 9.17) is 11.6 Å². The fraction of sp³-hybridized carbons (Fsp3) is 0.619. The van der Waals surface area contributed by atoms with E-state index >= 15 is 0 Å². The molecule has 1 aromatic carbocycles. The molecule has 0 radical (unpaired) electrons. The van der Waals surface area contributed by atoms with Crippen molar-refractivity contribution in [2.24, 2.45) is 5.92 Å². The van der Waals surface area contributed by atoms with Crippen LogP contribution in [0.25, 0.3) is 0 Å². The van der Waals surface area contributed by atoms with E-state index < -0.39 is 0 Å². The highest BCUT2D eigenvalue weighted by Crippen LogP contribution is 2.22. The third-order valence-electron chi connectivity index (χ3n) is 5.61. The smallest absolute Gasteiger partial charge is 0.225 e. The summed E-state index contributed by atoms with van der Waals surface area (Å²) in [5.41, 5.74) is 1.05. The Kier molecular flexibility index (Phi) is 6.95. The molecule has 26 heavy (non-hydrogen) atoms. The molecule has 0 aromatic heterocycles. The summed E-state index contributed by atoms with van der Waals surface area (Å²) in [6.07, 6.45) is 9.58. The second kappa shape index (κ2) is 9.40. The van der Waals surface area contributed by atoms with Gasteiger partial charge < -0.3 is 10.2 Å². The molecule has 4 nitrogen and oxygen atoms in total. The van der Waals surface area contributed by atoms with E-state index in [2.05, 4.69) is 5.32 Å². The van der Waals surface area contributed by atoms with Gasteiger partial charge in [0.15, 0.2) is 0 Å². The molecule has 1 saturated carbocycles. The number of carbonyl (C=O) groups is 2. The summed E-state index contributed by atoms with van der Waals surface area (Å²) in [6, 6.07) is 7.86. The Morgan fingerprint density at radius 3 is 2.38 bits per heavy atom. The highest BCUT2D eigenvalue weighted by Gasteiger charge is 2.31. The summed E-state index contributed by atoms with van der Waals surface area (Å²) >= 11 is 5.93. The van der Waals surface area contributed by atoms with Crippen molar-refractivity contribution in [1.82, 2.24) is 10.2 Å². The molecule has 1 heterocycles. The van der Waals surface area contributed by atoms with Crippen LogP contribution in [0.3, 0.4) is 0 Å². The minimum Gasteiger partial charge on any atom is -0.353 e. The van der Waals surface area contributed by atoms with Crippen molar-refractivity contribution in [3.63, 3.8) is 0 Å². The van der Waals surface area contributed by atoms with Gasteiger partial charge in [-0.15, -0.1) is 0 Å². The van der Waals surface area contributed by atoms with E-state index in [9.17, 15) is 9.59 Å². The summed E-state index contributed by atoms with van der Waals surface area (Å²) in [4.78, 5) is 26.8. The van der Waals surface area contributed by atoms with Gasteiger partial charge in [0.25, 0.3) is 0 Å². The van der Waals surface area contributed by atoms with E-state index in [0.29, 0.717) is 37.0 Å². The van der Waals surface area contributed by atoms with Crippen LogP contribution in [0.2, 0.25) is 5.02 Å². The van der Waals surface area contributed by atoms with Crippen molar-refractivity contribution in [2.75, 3.05) is 6.54 Å². The molecular weight excluding hydrogens is 348 g/mol. The summed E-state index contributed by atoms with van der Waals surface area (Å²) in [6.45, 7) is 1.06. The van der Waals surface area contributed by atoms with E-state index in [0.717, 1.165) is 18.4 Å². The van der Waals surface area contributed by atoms with Gasteiger partial charge in [-0.25, -0.2) is 0 Å². The number of piperidine rings is 1. The minimum atomic E-state index is -0.0922. The number of nitrogens with zero attached hydrogens (tertiary/aromatic N) is 1. The van der Waals surface area contributed by atoms with Crippen molar-refractivity contribution in [3.8, 4) is 0 Å². The molecule has 0 bridgehead atoms. The molecule has 0 unspecified atom stereocenters. The maximum atomic E-state index is 12.7. The standard InChI is InChI=1S/C21H29ClN2O2/c22-18-11-8-16(9-12-18)14-24-15-17(10-13-20(24)25)21(26)23-19-6-4-2-1-3-5-7-19/h8-9,11-12,17,19H,1-7,10,13-15H2,(H,23,26)/t17-/m1/s1. The Balaban J connectivity index is 1.55. The first kappa shape index (κ1) is 19.2. The summed E-state index contributed by atoms with van der Waals surface area (Å²) in [5.74, 6) is 0.171. The predicted octanol–water partition coefficient (Wildman–Crippen LogP) is 4.31. The Hall–Kier alpha value is -1.55. The molecular formula is C21H29ClN2O2. The van der Waals surface area contributed by atoms with Crippen LogP contribution in [0.1, 0.15) is 63.4 Å². The van der Waals surface area contributed by atoms with E-state index in [1.165, 1.54) is 32.1 Å². The summed E-state index contributed by atoms with van der Waals surface area (Å²) in [5, 5.41) is 3.96. The van der Waals surface area contributed by atoms with Crippen LogP contribution < -0.4 is 5.32 Å². The number of benzene rings is 1. The molecule has 5 heteroatoms. The molecule has 3 rings (SSSR count). The monoisotopic (exact) mass is 376 g/mol. The third-order valence-corrected chi connectivity index (χ3v) is 5.86. The number of hydrogen-bond acceptors (Lipinski definition) is 2. The Morgan fingerprint density at radius 2 is 1.69 bits per heavy atom. The van der Waals surface area contributed by atoms with Gasteiger partial charge in [-0.3, -0.25) is 9.59 Å². The third kappa shape index (κ3) is 5.47. The lowest BCUT2D eigenvalue weighted by atomic mass is 9.93. The van der Waals surface area contributed by atoms with Gasteiger partial charge in [-0.2, -0.15) is 0 Å². The van der Waals surface area contributed by atoms with Crippen LogP contribution in [0.15, 0.2) is 24.3 Å². The van der Waals surface area contributed by atoms with Gasteiger partial charge in [-0.05, 0) is 37.0 Å². The highest BCUT2D eigenvalue weighted by molar-refractivity contribution is 6.30. The molecule has 2 fully saturated rings. The van der Waals surface area contributed by atoms with Crippen LogP contribution in [-0.2, 0) is 16.1 Å². The van der Waals surface area contributed by atoms with E-state index in [-0.39, 0.29) is 17.7 Å². The zero-order valence-corrected chi connectivity index (χ0v) is 16.1. The van der Waals surface area contributed by atoms with Gasteiger partial charge in [0.1, 0.15) is 0 Å².